The molecule has 1 N–H and O–H groups in total. The van der Waals surface area contributed by atoms with Gasteiger partial charge in [0.15, 0.2) is 0 Å². The molecule has 0 saturated carbocycles. The number of anilines is 1. The molecule has 0 aliphatic carbocycles. The lowest BCUT2D eigenvalue weighted by atomic mass is 9.93. The monoisotopic (exact) mass is 343 g/mol. The van der Waals surface area contributed by atoms with Crippen molar-refractivity contribution >= 4 is 11.6 Å². The highest BCUT2D eigenvalue weighted by Crippen LogP contribution is 2.22. The number of rotatable bonds is 7. The SMILES string of the molecule is CCCN1CCC(CC(=O)NCc2cccc(N3CCCC3)c2)CC1. The number of carbonyl (C=O) groups excluding carboxylic acids is 1. The van der Waals surface area contributed by atoms with E-state index >= 15 is 0 Å². The molecular weight excluding hydrogens is 310 g/mol. The number of nitrogens with one attached hydrogen (secondary N) is 1. The highest BCUT2D eigenvalue weighted by molar-refractivity contribution is 5.76. The largest absolute Gasteiger partial charge is 0.372 e. The maximum atomic E-state index is 12.3. The van der Waals surface area contributed by atoms with Gasteiger partial charge in [0.05, 0.1) is 0 Å². The Morgan fingerprint density at radius 1 is 1.16 bits per heavy atom. The molecule has 2 aliphatic heterocycles. The predicted octanol–water partition coefficient (Wildman–Crippen LogP) is 3.42. The van der Waals surface area contributed by atoms with Crippen LogP contribution in [-0.4, -0.2) is 43.5 Å². The van der Waals surface area contributed by atoms with Crippen molar-refractivity contribution in [3.8, 4) is 0 Å². The van der Waals surface area contributed by atoms with Gasteiger partial charge in [-0.3, -0.25) is 4.79 Å². The first-order valence-corrected chi connectivity index (χ1v) is 10.1. The van der Waals surface area contributed by atoms with E-state index in [1.54, 1.807) is 0 Å². The predicted molar refractivity (Wildman–Crippen MR) is 104 cm³/mol. The molecule has 2 saturated heterocycles. The van der Waals surface area contributed by atoms with E-state index in [2.05, 4.69) is 46.3 Å². The molecule has 1 aromatic carbocycles. The highest BCUT2D eigenvalue weighted by Gasteiger charge is 2.21. The van der Waals surface area contributed by atoms with Crippen LogP contribution < -0.4 is 10.2 Å². The van der Waals surface area contributed by atoms with Crippen LogP contribution in [0.25, 0.3) is 0 Å². The molecular formula is C21H33N3O. The number of nitrogens with zero attached hydrogens (tertiary/aromatic N) is 2. The van der Waals surface area contributed by atoms with Gasteiger partial charge < -0.3 is 15.1 Å². The summed E-state index contributed by atoms with van der Waals surface area (Å²) in [5.74, 6) is 0.768. The van der Waals surface area contributed by atoms with Crippen molar-refractivity contribution in [3.05, 3.63) is 29.8 Å². The summed E-state index contributed by atoms with van der Waals surface area (Å²) in [6.45, 7) is 8.71. The van der Waals surface area contributed by atoms with E-state index in [-0.39, 0.29) is 5.91 Å². The lowest BCUT2D eigenvalue weighted by molar-refractivity contribution is -0.122. The second-order valence-electron chi connectivity index (χ2n) is 7.63. The standard InChI is InChI=1S/C21H33N3O/c1-2-10-23-13-8-18(9-14-23)16-21(25)22-17-19-6-5-7-20(15-19)24-11-3-4-12-24/h5-7,15,18H,2-4,8-14,16-17H2,1H3,(H,22,25). The van der Waals surface area contributed by atoms with E-state index in [0.717, 1.165) is 39.0 Å². The van der Waals surface area contributed by atoms with E-state index in [4.69, 9.17) is 0 Å². The quantitative estimate of drug-likeness (QED) is 0.824. The Kier molecular flexibility index (Phi) is 6.74. The number of hydrogen-bond acceptors (Lipinski definition) is 3. The summed E-state index contributed by atoms with van der Waals surface area (Å²) >= 11 is 0. The second-order valence-corrected chi connectivity index (χ2v) is 7.63. The van der Waals surface area contributed by atoms with Crippen LogP contribution in [0.3, 0.4) is 0 Å². The summed E-state index contributed by atoms with van der Waals surface area (Å²) in [4.78, 5) is 17.3. The lowest BCUT2D eigenvalue weighted by Crippen LogP contribution is -2.36. The van der Waals surface area contributed by atoms with Crippen LogP contribution >= 0.6 is 0 Å². The van der Waals surface area contributed by atoms with Gasteiger partial charge >= 0.3 is 0 Å². The molecule has 0 unspecified atom stereocenters. The number of amides is 1. The van der Waals surface area contributed by atoms with Crippen molar-refractivity contribution < 1.29 is 4.79 Å². The fraction of sp³-hybridized carbons (Fsp3) is 0.667. The Labute approximate surface area is 152 Å². The van der Waals surface area contributed by atoms with Crippen LogP contribution in [0.5, 0.6) is 0 Å². The topological polar surface area (TPSA) is 35.6 Å². The molecule has 138 valence electrons. The minimum absolute atomic E-state index is 0.209. The van der Waals surface area contributed by atoms with Gasteiger partial charge in [0, 0.05) is 31.7 Å². The van der Waals surface area contributed by atoms with E-state index in [1.165, 1.54) is 37.1 Å². The number of likely N-dealkylation sites (tertiary alicyclic amines) is 1. The molecule has 4 nitrogen and oxygen atoms in total. The van der Waals surface area contributed by atoms with Crippen LogP contribution in [0.2, 0.25) is 0 Å². The number of carbonyl (C=O) groups is 1. The van der Waals surface area contributed by atoms with Gasteiger partial charge in [0.2, 0.25) is 5.91 Å². The number of piperidine rings is 1. The van der Waals surface area contributed by atoms with Crippen molar-refractivity contribution in [2.45, 2.75) is 52.0 Å². The summed E-state index contributed by atoms with van der Waals surface area (Å²) in [5.41, 5.74) is 2.50. The molecule has 0 aromatic heterocycles. The van der Waals surface area contributed by atoms with Gasteiger partial charge in [-0.05, 0) is 75.4 Å². The minimum atomic E-state index is 0.209. The molecule has 1 aromatic rings. The summed E-state index contributed by atoms with van der Waals surface area (Å²) in [7, 11) is 0. The van der Waals surface area contributed by atoms with Crippen molar-refractivity contribution in [2.75, 3.05) is 37.6 Å². The smallest absolute Gasteiger partial charge is 0.220 e. The Hall–Kier alpha value is -1.55. The van der Waals surface area contributed by atoms with Gasteiger partial charge in [-0.1, -0.05) is 19.1 Å². The van der Waals surface area contributed by atoms with Crippen LogP contribution in [0.1, 0.15) is 51.0 Å². The average molecular weight is 344 g/mol. The zero-order chi connectivity index (χ0) is 17.5. The highest BCUT2D eigenvalue weighted by atomic mass is 16.1. The van der Waals surface area contributed by atoms with Gasteiger partial charge in [-0.2, -0.15) is 0 Å². The molecule has 3 rings (SSSR count). The summed E-state index contributed by atoms with van der Waals surface area (Å²) in [5, 5.41) is 3.13. The summed E-state index contributed by atoms with van der Waals surface area (Å²) in [6, 6.07) is 8.64. The fourth-order valence-electron chi connectivity index (χ4n) is 4.10. The van der Waals surface area contributed by atoms with Gasteiger partial charge in [0.1, 0.15) is 0 Å². The first-order chi connectivity index (χ1) is 12.2. The molecule has 2 heterocycles. The van der Waals surface area contributed by atoms with Crippen LogP contribution in [0.4, 0.5) is 5.69 Å². The Morgan fingerprint density at radius 3 is 2.64 bits per heavy atom. The van der Waals surface area contributed by atoms with E-state index < -0.39 is 0 Å². The maximum absolute atomic E-state index is 12.3. The maximum Gasteiger partial charge on any atom is 0.220 e. The molecule has 1 amide bonds. The third kappa shape index (κ3) is 5.46. The van der Waals surface area contributed by atoms with Crippen LogP contribution in [0, 0.1) is 5.92 Å². The molecule has 0 spiro atoms. The molecule has 4 heteroatoms. The Bertz CT molecular complexity index is 546. The number of benzene rings is 1. The third-order valence-corrected chi connectivity index (χ3v) is 5.59. The summed E-state index contributed by atoms with van der Waals surface area (Å²) < 4.78 is 0. The average Bonchev–Trinajstić information content (AvgIpc) is 3.17. The molecule has 0 bridgehead atoms. The Morgan fingerprint density at radius 2 is 1.92 bits per heavy atom. The van der Waals surface area contributed by atoms with Crippen molar-refractivity contribution in [1.82, 2.24) is 10.2 Å². The van der Waals surface area contributed by atoms with Gasteiger partial charge in [0.25, 0.3) is 0 Å². The minimum Gasteiger partial charge on any atom is -0.372 e. The molecule has 0 atom stereocenters. The fourth-order valence-corrected chi connectivity index (χ4v) is 4.10. The van der Waals surface area contributed by atoms with Crippen LogP contribution in [-0.2, 0) is 11.3 Å². The van der Waals surface area contributed by atoms with Gasteiger partial charge in [-0.15, -0.1) is 0 Å². The summed E-state index contributed by atoms with van der Waals surface area (Å²) in [6.07, 6.45) is 6.82. The number of hydrogen-bond donors (Lipinski definition) is 1. The van der Waals surface area contributed by atoms with E-state index in [1.807, 2.05) is 0 Å². The van der Waals surface area contributed by atoms with Crippen molar-refractivity contribution in [1.29, 1.82) is 0 Å². The first kappa shape index (κ1) is 18.2. The van der Waals surface area contributed by atoms with Gasteiger partial charge in [-0.25, -0.2) is 0 Å². The molecule has 2 aliphatic rings. The van der Waals surface area contributed by atoms with E-state index in [0.29, 0.717) is 18.9 Å². The van der Waals surface area contributed by atoms with Crippen molar-refractivity contribution in [2.24, 2.45) is 5.92 Å². The zero-order valence-electron chi connectivity index (χ0n) is 15.7. The van der Waals surface area contributed by atoms with Crippen LogP contribution in [0.15, 0.2) is 24.3 Å². The zero-order valence-corrected chi connectivity index (χ0v) is 15.7. The first-order valence-electron chi connectivity index (χ1n) is 10.1. The molecule has 2 fully saturated rings. The lowest BCUT2D eigenvalue weighted by Gasteiger charge is -2.31. The van der Waals surface area contributed by atoms with E-state index in [9.17, 15) is 4.79 Å². The molecule has 25 heavy (non-hydrogen) atoms. The third-order valence-electron chi connectivity index (χ3n) is 5.59. The Balaban J connectivity index is 1.41. The van der Waals surface area contributed by atoms with Crippen molar-refractivity contribution in [3.63, 3.8) is 0 Å². The molecule has 0 radical (unpaired) electrons. The second kappa shape index (κ2) is 9.23. The normalized spacial score (nSPS) is 19.3.